The van der Waals surface area contributed by atoms with Gasteiger partial charge in [-0.2, -0.15) is 5.10 Å². The van der Waals surface area contributed by atoms with Gasteiger partial charge in [-0.25, -0.2) is 0 Å². The Bertz CT molecular complexity index is 574. The molecule has 4 nitrogen and oxygen atoms in total. The number of aryl methyl sites for hydroxylation is 1. The summed E-state index contributed by atoms with van der Waals surface area (Å²) >= 11 is 0. The van der Waals surface area contributed by atoms with Crippen LogP contribution in [0.25, 0.3) is 11.3 Å². The smallest absolute Gasteiger partial charge is 0.132 e. The maximum absolute atomic E-state index is 5.85. The van der Waals surface area contributed by atoms with Gasteiger partial charge in [-0.05, 0) is 11.5 Å². The van der Waals surface area contributed by atoms with Crippen LogP contribution in [-0.4, -0.2) is 16.9 Å². The van der Waals surface area contributed by atoms with Crippen molar-refractivity contribution < 1.29 is 4.74 Å². The van der Waals surface area contributed by atoms with Crippen molar-refractivity contribution in [1.29, 1.82) is 0 Å². The molecule has 1 heterocycles. The second-order valence-electron chi connectivity index (χ2n) is 5.71. The van der Waals surface area contributed by atoms with E-state index in [0.29, 0.717) is 5.82 Å². The monoisotopic (exact) mass is 259 g/mol. The van der Waals surface area contributed by atoms with E-state index in [1.165, 1.54) is 0 Å². The second kappa shape index (κ2) is 4.61. The molecule has 0 aliphatic carbocycles. The lowest BCUT2D eigenvalue weighted by atomic mass is 9.85. The molecule has 1 aromatic heterocycles. The minimum absolute atomic E-state index is 0.0156. The van der Waals surface area contributed by atoms with E-state index in [1.54, 1.807) is 11.8 Å². The molecule has 1 aromatic carbocycles. The van der Waals surface area contributed by atoms with Crippen LogP contribution in [0.4, 0.5) is 5.82 Å². The molecule has 102 valence electrons. The summed E-state index contributed by atoms with van der Waals surface area (Å²) < 4.78 is 7.28. The van der Waals surface area contributed by atoms with Gasteiger partial charge in [-0.3, -0.25) is 4.68 Å². The van der Waals surface area contributed by atoms with Crippen LogP contribution in [0.5, 0.6) is 5.75 Å². The van der Waals surface area contributed by atoms with Crippen molar-refractivity contribution in [2.75, 3.05) is 12.8 Å². The van der Waals surface area contributed by atoms with Gasteiger partial charge in [0.15, 0.2) is 0 Å². The lowest BCUT2D eigenvalue weighted by Gasteiger charge is -2.23. The van der Waals surface area contributed by atoms with E-state index in [-0.39, 0.29) is 5.41 Å². The molecule has 0 amide bonds. The Hall–Kier alpha value is -1.97. The highest BCUT2D eigenvalue weighted by molar-refractivity contribution is 5.71. The summed E-state index contributed by atoms with van der Waals surface area (Å²) in [5, 5.41) is 4.42. The summed E-state index contributed by atoms with van der Waals surface area (Å²) in [7, 11) is 3.53. The number of anilines is 1. The van der Waals surface area contributed by atoms with Crippen molar-refractivity contribution in [3.63, 3.8) is 0 Å². The van der Waals surface area contributed by atoms with Crippen LogP contribution in [0.15, 0.2) is 24.3 Å². The minimum Gasteiger partial charge on any atom is -0.496 e. The maximum Gasteiger partial charge on any atom is 0.132 e. The highest BCUT2D eigenvalue weighted by Crippen LogP contribution is 2.38. The van der Waals surface area contributed by atoms with Crippen molar-refractivity contribution in [2.45, 2.75) is 26.2 Å². The van der Waals surface area contributed by atoms with Crippen molar-refractivity contribution in [3.05, 3.63) is 29.8 Å². The summed E-state index contributed by atoms with van der Waals surface area (Å²) in [5.74, 6) is 1.51. The molecule has 0 aliphatic rings. The van der Waals surface area contributed by atoms with E-state index in [2.05, 4.69) is 31.9 Å². The Kier molecular flexibility index (Phi) is 3.27. The third-order valence-electron chi connectivity index (χ3n) is 3.22. The van der Waals surface area contributed by atoms with Gasteiger partial charge in [0.05, 0.1) is 12.8 Å². The van der Waals surface area contributed by atoms with E-state index in [1.807, 2.05) is 25.2 Å². The van der Waals surface area contributed by atoms with E-state index >= 15 is 0 Å². The van der Waals surface area contributed by atoms with Crippen molar-refractivity contribution in [3.8, 4) is 17.0 Å². The summed E-state index contributed by atoms with van der Waals surface area (Å²) in [4.78, 5) is 0. The Balaban J connectivity index is 2.64. The summed E-state index contributed by atoms with van der Waals surface area (Å²) in [6, 6.07) is 8.00. The fourth-order valence-electron chi connectivity index (χ4n) is 2.16. The molecule has 0 fully saturated rings. The Labute approximate surface area is 114 Å². The van der Waals surface area contributed by atoms with E-state index in [9.17, 15) is 0 Å². The second-order valence-corrected chi connectivity index (χ2v) is 5.71. The molecule has 2 N–H and O–H groups in total. The average molecular weight is 259 g/mol. The van der Waals surface area contributed by atoms with Gasteiger partial charge in [-0.1, -0.05) is 32.9 Å². The quantitative estimate of drug-likeness (QED) is 0.902. The normalized spacial score (nSPS) is 11.6. The molecule has 0 saturated heterocycles. The van der Waals surface area contributed by atoms with Gasteiger partial charge in [-0.15, -0.1) is 0 Å². The number of nitrogens with two attached hydrogens (primary N) is 1. The highest BCUT2D eigenvalue weighted by Gasteiger charge is 2.22. The van der Waals surface area contributed by atoms with Crippen LogP contribution < -0.4 is 10.5 Å². The van der Waals surface area contributed by atoms with Crippen molar-refractivity contribution in [1.82, 2.24) is 9.78 Å². The fraction of sp³-hybridized carbons (Fsp3) is 0.400. The Morgan fingerprint density at radius 1 is 1.26 bits per heavy atom. The molecular weight excluding hydrogens is 238 g/mol. The predicted molar refractivity (Wildman–Crippen MR) is 78.3 cm³/mol. The van der Waals surface area contributed by atoms with Crippen LogP contribution in [0.3, 0.4) is 0 Å². The molecule has 19 heavy (non-hydrogen) atoms. The van der Waals surface area contributed by atoms with E-state index in [4.69, 9.17) is 10.5 Å². The highest BCUT2D eigenvalue weighted by atomic mass is 16.5. The lowest BCUT2D eigenvalue weighted by Crippen LogP contribution is -2.13. The molecule has 2 aromatic rings. The lowest BCUT2D eigenvalue weighted by molar-refractivity contribution is 0.399. The van der Waals surface area contributed by atoms with E-state index < -0.39 is 0 Å². The molecule has 0 radical (unpaired) electrons. The van der Waals surface area contributed by atoms with Crippen molar-refractivity contribution in [2.24, 2.45) is 7.05 Å². The summed E-state index contributed by atoms with van der Waals surface area (Å²) in [6.45, 7) is 6.50. The number of ether oxygens (including phenoxy) is 1. The van der Waals surface area contributed by atoms with Gasteiger partial charge < -0.3 is 10.5 Å². The third-order valence-corrected chi connectivity index (χ3v) is 3.22. The van der Waals surface area contributed by atoms with Crippen LogP contribution in [-0.2, 0) is 12.5 Å². The number of rotatable bonds is 2. The number of hydrogen-bond acceptors (Lipinski definition) is 3. The van der Waals surface area contributed by atoms with Crippen LogP contribution >= 0.6 is 0 Å². The summed E-state index contributed by atoms with van der Waals surface area (Å²) in [6.07, 6.45) is 0. The Morgan fingerprint density at radius 3 is 2.42 bits per heavy atom. The molecular formula is C15H21N3O. The minimum atomic E-state index is 0.0156. The number of hydrogen-bond donors (Lipinski definition) is 1. The molecule has 0 atom stereocenters. The number of nitrogens with zero attached hydrogens (tertiary/aromatic N) is 2. The number of nitrogen functional groups attached to an aromatic ring is 1. The maximum atomic E-state index is 5.85. The SMILES string of the molecule is COc1c(-c2cc(N)n(C)n2)cccc1C(C)(C)C. The van der Waals surface area contributed by atoms with Gasteiger partial charge in [0.25, 0.3) is 0 Å². The summed E-state index contributed by atoms with van der Waals surface area (Å²) in [5.41, 5.74) is 8.84. The molecule has 0 spiro atoms. The van der Waals surface area contributed by atoms with Gasteiger partial charge in [0.2, 0.25) is 0 Å². The first-order valence-electron chi connectivity index (χ1n) is 6.32. The zero-order chi connectivity index (χ0) is 14.2. The van der Waals surface area contributed by atoms with Crippen LogP contribution in [0.2, 0.25) is 0 Å². The average Bonchev–Trinajstić information content (AvgIpc) is 2.67. The molecule has 0 aliphatic heterocycles. The molecule has 2 rings (SSSR count). The first-order valence-corrected chi connectivity index (χ1v) is 6.32. The van der Waals surface area contributed by atoms with E-state index in [0.717, 1.165) is 22.6 Å². The first kappa shape index (κ1) is 13.5. The zero-order valence-corrected chi connectivity index (χ0v) is 12.2. The molecule has 0 saturated carbocycles. The number of methoxy groups -OCH3 is 1. The first-order chi connectivity index (χ1) is 8.84. The topological polar surface area (TPSA) is 53.1 Å². The molecule has 4 heteroatoms. The van der Waals surface area contributed by atoms with Gasteiger partial charge in [0, 0.05) is 24.2 Å². The number of aromatic nitrogens is 2. The third kappa shape index (κ3) is 2.43. The fourth-order valence-corrected chi connectivity index (χ4v) is 2.16. The van der Waals surface area contributed by atoms with Crippen molar-refractivity contribution >= 4 is 5.82 Å². The van der Waals surface area contributed by atoms with Gasteiger partial charge in [0.1, 0.15) is 11.6 Å². The van der Waals surface area contributed by atoms with Crippen LogP contribution in [0, 0.1) is 0 Å². The number of para-hydroxylation sites is 1. The molecule has 0 bridgehead atoms. The van der Waals surface area contributed by atoms with Gasteiger partial charge >= 0.3 is 0 Å². The molecule has 0 unspecified atom stereocenters. The standard InChI is InChI=1S/C15H21N3O/c1-15(2,3)11-8-6-7-10(14(11)19-5)12-9-13(16)18(4)17-12/h6-9H,16H2,1-5H3. The Morgan fingerprint density at radius 2 is 1.95 bits per heavy atom. The van der Waals surface area contributed by atoms with Crippen LogP contribution in [0.1, 0.15) is 26.3 Å². The number of benzene rings is 1. The largest absolute Gasteiger partial charge is 0.496 e. The predicted octanol–water partition coefficient (Wildman–Crippen LogP) is 2.98. The zero-order valence-electron chi connectivity index (χ0n) is 12.2.